The first-order chi connectivity index (χ1) is 10.6. The van der Waals surface area contributed by atoms with Crippen LogP contribution in [0.2, 0.25) is 0 Å². The van der Waals surface area contributed by atoms with E-state index in [2.05, 4.69) is 19.2 Å². The third kappa shape index (κ3) is 6.46. The van der Waals surface area contributed by atoms with Gasteiger partial charge in [-0.1, -0.05) is 40.0 Å². The lowest BCUT2D eigenvalue weighted by atomic mass is 9.99. The molecule has 0 bridgehead atoms. The number of rotatable bonds is 10. The van der Waals surface area contributed by atoms with E-state index in [0.717, 1.165) is 12.8 Å². The quantitative estimate of drug-likeness (QED) is 0.699. The number of carbonyl (C=O) groups is 1. The van der Waals surface area contributed by atoms with Crippen LogP contribution >= 0.6 is 0 Å². The number of unbranched alkanes of at least 4 members (excludes halogenated alkanes) is 1. The van der Waals surface area contributed by atoms with Gasteiger partial charge in [-0.15, -0.1) is 0 Å². The highest BCUT2D eigenvalue weighted by Crippen LogP contribution is 2.15. The summed E-state index contributed by atoms with van der Waals surface area (Å²) in [5.74, 6) is 0.627. The van der Waals surface area contributed by atoms with E-state index >= 15 is 0 Å². The molecule has 0 heterocycles. The zero-order valence-electron chi connectivity index (χ0n) is 13.9. The molecular formula is C18H28FNO2. The van der Waals surface area contributed by atoms with E-state index in [1.807, 2.05) is 6.92 Å². The number of carbonyl (C=O) groups excluding carboxylic acids is 1. The van der Waals surface area contributed by atoms with E-state index in [1.54, 1.807) is 12.1 Å². The molecule has 0 aromatic heterocycles. The molecule has 4 heteroatoms. The molecule has 0 aliphatic rings. The summed E-state index contributed by atoms with van der Waals surface area (Å²) in [6.07, 6.45) is 4.62. The van der Waals surface area contributed by atoms with E-state index in [4.69, 9.17) is 4.74 Å². The largest absolute Gasteiger partial charge is 0.481 e. The maximum atomic E-state index is 12.9. The summed E-state index contributed by atoms with van der Waals surface area (Å²) in [5, 5.41) is 2.99. The van der Waals surface area contributed by atoms with Crippen molar-refractivity contribution in [1.82, 2.24) is 5.32 Å². The van der Waals surface area contributed by atoms with Crippen molar-refractivity contribution in [3.63, 3.8) is 0 Å². The Hall–Kier alpha value is -1.58. The van der Waals surface area contributed by atoms with E-state index in [-0.39, 0.29) is 11.7 Å². The molecule has 0 radical (unpaired) electrons. The topological polar surface area (TPSA) is 38.3 Å². The predicted molar refractivity (Wildman–Crippen MR) is 87.4 cm³/mol. The van der Waals surface area contributed by atoms with Crippen molar-refractivity contribution < 1.29 is 13.9 Å². The zero-order chi connectivity index (χ0) is 16.4. The van der Waals surface area contributed by atoms with Gasteiger partial charge < -0.3 is 10.1 Å². The second kappa shape index (κ2) is 10.2. The Bertz CT molecular complexity index is 433. The Balaban J connectivity index is 2.48. The van der Waals surface area contributed by atoms with Gasteiger partial charge in [-0.2, -0.15) is 0 Å². The molecule has 1 N–H and O–H groups in total. The Morgan fingerprint density at radius 3 is 2.41 bits per heavy atom. The summed E-state index contributed by atoms with van der Waals surface area (Å²) < 4.78 is 18.5. The van der Waals surface area contributed by atoms with Crippen LogP contribution in [0.4, 0.5) is 4.39 Å². The predicted octanol–water partition coefficient (Wildman–Crippen LogP) is 4.32. The fraction of sp³-hybridized carbons (Fsp3) is 0.611. The van der Waals surface area contributed by atoms with Crippen LogP contribution in [0.1, 0.15) is 52.9 Å². The van der Waals surface area contributed by atoms with Gasteiger partial charge in [0.05, 0.1) is 0 Å². The average Bonchev–Trinajstić information content (AvgIpc) is 2.54. The summed E-state index contributed by atoms with van der Waals surface area (Å²) >= 11 is 0. The highest BCUT2D eigenvalue weighted by Gasteiger charge is 2.19. The molecule has 22 heavy (non-hydrogen) atoms. The normalized spacial score (nSPS) is 13.5. The van der Waals surface area contributed by atoms with Crippen molar-refractivity contribution in [2.24, 2.45) is 5.92 Å². The molecule has 2 atom stereocenters. The van der Waals surface area contributed by atoms with Crippen LogP contribution in [0.3, 0.4) is 0 Å². The van der Waals surface area contributed by atoms with Crippen molar-refractivity contribution >= 4 is 5.91 Å². The molecule has 0 spiro atoms. The molecule has 0 saturated carbocycles. The molecule has 1 amide bonds. The monoisotopic (exact) mass is 309 g/mol. The lowest BCUT2D eigenvalue weighted by Gasteiger charge is -2.20. The first-order valence-corrected chi connectivity index (χ1v) is 8.30. The summed E-state index contributed by atoms with van der Waals surface area (Å²) in [7, 11) is 0. The molecule has 0 saturated heterocycles. The van der Waals surface area contributed by atoms with Gasteiger partial charge in [-0.3, -0.25) is 4.79 Å². The molecule has 0 aliphatic heterocycles. The minimum atomic E-state index is -0.533. The van der Waals surface area contributed by atoms with Gasteiger partial charge in [0.25, 0.3) is 5.91 Å². The average molecular weight is 309 g/mol. The van der Waals surface area contributed by atoms with Crippen molar-refractivity contribution in [2.45, 2.75) is 59.0 Å². The Labute approximate surface area is 133 Å². The number of halogens is 1. The number of amides is 1. The molecule has 1 aromatic rings. The molecule has 3 nitrogen and oxygen atoms in total. The number of hydrogen-bond donors (Lipinski definition) is 1. The summed E-state index contributed by atoms with van der Waals surface area (Å²) in [4.78, 5) is 12.2. The Morgan fingerprint density at radius 2 is 1.86 bits per heavy atom. The second-order valence-corrected chi connectivity index (χ2v) is 5.63. The number of nitrogens with one attached hydrogen (secondary N) is 1. The fourth-order valence-corrected chi connectivity index (χ4v) is 2.30. The molecule has 1 rings (SSSR count). The van der Waals surface area contributed by atoms with Crippen molar-refractivity contribution in [3.8, 4) is 5.75 Å². The maximum absolute atomic E-state index is 12.9. The van der Waals surface area contributed by atoms with Crippen LogP contribution in [-0.2, 0) is 4.79 Å². The smallest absolute Gasteiger partial charge is 0.261 e. The summed E-state index contributed by atoms with van der Waals surface area (Å²) in [6, 6.07) is 5.75. The molecule has 1 aromatic carbocycles. The van der Waals surface area contributed by atoms with E-state index in [0.29, 0.717) is 24.6 Å². The van der Waals surface area contributed by atoms with Gasteiger partial charge in [0.1, 0.15) is 11.6 Å². The number of benzene rings is 1. The highest BCUT2D eigenvalue weighted by atomic mass is 19.1. The minimum Gasteiger partial charge on any atom is -0.481 e. The van der Waals surface area contributed by atoms with Gasteiger partial charge in [0.15, 0.2) is 6.10 Å². The third-order valence-corrected chi connectivity index (χ3v) is 3.86. The molecule has 0 unspecified atom stereocenters. The fourth-order valence-electron chi connectivity index (χ4n) is 2.30. The summed E-state index contributed by atoms with van der Waals surface area (Å²) in [6.45, 7) is 6.93. The minimum absolute atomic E-state index is 0.0956. The highest BCUT2D eigenvalue weighted by molar-refractivity contribution is 5.81. The SMILES string of the molecule is CCCC[C@@H](CC)CNC(=O)[C@@H](CC)Oc1ccc(F)cc1. The molecule has 0 aliphatic carbocycles. The number of hydrogen-bond acceptors (Lipinski definition) is 2. The second-order valence-electron chi connectivity index (χ2n) is 5.63. The lowest BCUT2D eigenvalue weighted by molar-refractivity contribution is -0.128. The van der Waals surface area contributed by atoms with Crippen LogP contribution in [0.15, 0.2) is 24.3 Å². The van der Waals surface area contributed by atoms with Crippen LogP contribution in [0.25, 0.3) is 0 Å². The van der Waals surface area contributed by atoms with Gasteiger partial charge in [-0.25, -0.2) is 4.39 Å². The van der Waals surface area contributed by atoms with Gasteiger partial charge in [0, 0.05) is 6.54 Å². The van der Waals surface area contributed by atoms with Crippen LogP contribution in [0.5, 0.6) is 5.75 Å². The van der Waals surface area contributed by atoms with Crippen molar-refractivity contribution in [2.75, 3.05) is 6.54 Å². The molecular weight excluding hydrogens is 281 g/mol. The Kier molecular flexibility index (Phi) is 8.56. The first-order valence-electron chi connectivity index (χ1n) is 8.30. The molecule has 0 fully saturated rings. The van der Waals surface area contributed by atoms with Crippen molar-refractivity contribution in [3.05, 3.63) is 30.1 Å². The van der Waals surface area contributed by atoms with E-state index in [9.17, 15) is 9.18 Å². The van der Waals surface area contributed by atoms with E-state index < -0.39 is 6.10 Å². The van der Waals surface area contributed by atoms with E-state index in [1.165, 1.54) is 25.0 Å². The zero-order valence-corrected chi connectivity index (χ0v) is 13.9. The maximum Gasteiger partial charge on any atom is 0.261 e. The van der Waals surface area contributed by atoms with Crippen LogP contribution in [0, 0.1) is 11.7 Å². The standard InChI is InChI=1S/C18H28FNO2/c1-4-7-8-14(5-2)13-20-18(21)17(6-3)22-16-11-9-15(19)10-12-16/h9-12,14,17H,4-8,13H2,1-3H3,(H,20,21)/t14-,17-/m1/s1. The Morgan fingerprint density at radius 1 is 1.18 bits per heavy atom. The molecule has 124 valence electrons. The van der Waals surface area contributed by atoms with Gasteiger partial charge in [-0.05, 0) is 43.0 Å². The van der Waals surface area contributed by atoms with Gasteiger partial charge >= 0.3 is 0 Å². The van der Waals surface area contributed by atoms with Crippen molar-refractivity contribution in [1.29, 1.82) is 0 Å². The van der Waals surface area contributed by atoms with Crippen LogP contribution in [-0.4, -0.2) is 18.6 Å². The third-order valence-electron chi connectivity index (χ3n) is 3.86. The summed E-state index contributed by atoms with van der Waals surface area (Å²) in [5.41, 5.74) is 0. The first kappa shape index (κ1) is 18.5. The van der Waals surface area contributed by atoms with Gasteiger partial charge in [0.2, 0.25) is 0 Å². The lowest BCUT2D eigenvalue weighted by Crippen LogP contribution is -2.40. The number of ether oxygens (including phenoxy) is 1. The van der Waals surface area contributed by atoms with Crippen LogP contribution < -0.4 is 10.1 Å².